The highest BCUT2D eigenvalue weighted by atomic mass is 16.2. The summed E-state index contributed by atoms with van der Waals surface area (Å²) in [5.41, 5.74) is 1.03. The van der Waals surface area contributed by atoms with E-state index in [1.165, 1.54) is 17.3 Å². The first-order valence-corrected chi connectivity index (χ1v) is 7.19. The van der Waals surface area contributed by atoms with Gasteiger partial charge in [-0.15, -0.1) is 5.10 Å². The fourth-order valence-corrected chi connectivity index (χ4v) is 2.41. The quantitative estimate of drug-likeness (QED) is 0.603. The van der Waals surface area contributed by atoms with Crippen LogP contribution in [0.5, 0.6) is 0 Å². The minimum atomic E-state index is -0.274. The Morgan fingerprint density at radius 3 is 2.96 bits per heavy atom. The van der Waals surface area contributed by atoms with Crippen molar-refractivity contribution in [3.05, 3.63) is 55.2 Å². The van der Waals surface area contributed by atoms with Crippen LogP contribution in [0.25, 0.3) is 16.7 Å². The summed E-state index contributed by atoms with van der Waals surface area (Å²) in [7, 11) is 0. The molecule has 0 saturated heterocycles. The number of rotatable bonds is 4. The zero-order valence-corrected chi connectivity index (χ0v) is 12.4. The van der Waals surface area contributed by atoms with Gasteiger partial charge in [-0.25, -0.2) is 14.6 Å². The van der Waals surface area contributed by atoms with Crippen molar-refractivity contribution in [3.8, 4) is 5.82 Å². The molecule has 0 unspecified atom stereocenters. The van der Waals surface area contributed by atoms with E-state index >= 15 is 0 Å². The Kier molecular flexibility index (Phi) is 3.43. The Hall–Kier alpha value is -3.62. The second-order valence-electron chi connectivity index (χ2n) is 5.06. The van der Waals surface area contributed by atoms with Crippen LogP contribution in [-0.4, -0.2) is 40.6 Å². The highest BCUT2D eigenvalue weighted by molar-refractivity contribution is 5.89. The molecule has 1 N–H and O–H groups in total. The fourth-order valence-electron chi connectivity index (χ4n) is 2.41. The van der Waals surface area contributed by atoms with Crippen molar-refractivity contribution < 1.29 is 4.79 Å². The van der Waals surface area contributed by atoms with E-state index in [9.17, 15) is 4.79 Å². The van der Waals surface area contributed by atoms with Crippen LogP contribution in [-0.2, 0) is 11.3 Å². The van der Waals surface area contributed by atoms with E-state index in [1.54, 1.807) is 6.07 Å². The largest absolute Gasteiger partial charge is 0.309 e. The van der Waals surface area contributed by atoms with Crippen molar-refractivity contribution in [1.82, 2.24) is 34.7 Å². The van der Waals surface area contributed by atoms with Crippen LogP contribution in [0.15, 0.2) is 55.2 Å². The van der Waals surface area contributed by atoms with E-state index in [2.05, 4.69) is 30.8 Å². The van der Waals surface area contributed by atoms with Crippen LogP contribution in [0.1, 0.15) is 0 Å². The van der Waals surface area contributed by atoms with Crippen molar-refractivity contribution in [2.24, 2.45) is 0 Å². The zero-order chi connectivity index (χ0) is 16.4. The Bertz CT molecular complexity index is 992. The first kappa shape index (κ1) is 14.0. The SMILES string of the molecule is O=C(Cn1cnnn1)Nc1cc(-n2ccc3ccccc32)ncn1. The van der Waals surface area contributed by atoms with E-state index in [4.69, 9.17) is 0 Å². The van der Waals surface area contributed by atoms with Gasteiger partial charge in [0.2, 0.25) is 5.91 Å². The Morgan fingerprint density at radius 1 is 1.17 bits per heavy atom. The van der Waals surface area contributed by atoms with Gasteiger partial charge in [-0.1, -0.05) is 18.2 Å². The molecule has 0 fully saturated rings. The number of carbonyl (C=O) groups is 1. The lowest BCUT2D eigenvalue weighted by Crippen LogP contribution is -2.20. The van der Waals surface area contributed by atoms with Gasteiger partial charge in [0.25, 0.3) is 0 Å². The van der Waals surface area contributed by atoms with Crippen molar-refractivity contribution in [2.75, 3.05) is 5.32 Å². The molecule has 0 saturated carbocycles. The van der Waals surface area contributed by atoms with Crippen LogP contribution in [0.2, 0.25) is 0 Å². The van der Waals surface area contributed by atoms with Crippen LogP contribution in [0.3, 0.4) is 0 Å². The average Bonchev–Trinajstić information content (AvgIpc) is 3.24. The molecular formula is C15H12N8O. The molecule has 4 rings (SSSR count). The molecule has 0 atom stereocenters. The maximum absolute atomic E-state index is 12.0. The summed E-state index contributed by atoms with van der Waals surface area (Å²) < 4.78 is 3.27. The Morgan fingerprint density at radius 2 is 2.08 bits per heavy atom. The normalized spacial score (nSPS) is 10.8. The first-order valence-electron chi connectivity index (χ1n) is 7.19. The van der Waals surface area contributed by atoms with Crippen molar-refractivity contribution in [2.45, 2.75) is 6.54 Å². The lowest BCUT2D eigenvalue weighted by atomic mass is 10.2. The fraction of sp³-hybridized carbons (Fsp3) is 0.0667. The molecule has 0 aliphatic heterocycles. The molecule has 118 valence electrons. The predicted molar refractivity (Wildman–Crippen MR) is 85.3 cm³/mol. The molecule has 0 radical (unpaired) electrons. The van der Waals surface area contributed by atoms with Gasteiger partial charge in [0.05, 0.1) is 5.52 Å². The molecule has 4 aromatic rings. The zero-order valence-electron chi connectivity index (χ0n) is 12.4. The molecule has 0 aliphatic carbocycles. The summed E-state index contributed by atoms with van der Waals surface area (Å²) in [4.78, 5) is 20.4. The van der Waals surface area contributed by atoms with Crippen LogP contribution in [0.4, 0.5) is 5.82 Å². The number of hydrogen-bond donors (Lipinski definition) is 1. The van der Waals surface area contributed by atoms with Crippen LogP contribution in [0, 0.1) is 0 Å². The van der Waals surface area contributed by atoms with Gasteiger partial charge in [-0.05, 0) is 27.9 Å². The third-order valence-electron chi connectivity index (χ3n) is 3.46. The first-order chi connectivity index (χ1) is 11.8. The average molecular weight is 320 g/mol. The molecule has 9 heteroatoms. The number of nitrogens with zero attached hydrogens (tertiary/aromatic N) is 7. The van der Waals surface area contributed by atoms with E-state index in [0.717, 1.165) is 10.9 Å². The molecular weight excluding hydrogens is 308 g/mol. The van der Waals surface area contributed by atoms with E-state index in [-0.39, 0.29) is 12.5 Å². The molecule has 0 spiro atoms. The number of nitrogens with one attached hydrogen (secondary N) is 1. The van der Waals surface area contributed by atoms with Gasteiger partial charge in [0.15, 0.2) is 0 Å². The number of para-hydroxylation sites is 1. The van der Waals surface area contributed by atoms with Gasteiger partial charge in [0, 0.05) is 12.3 Å². The lowest BCUT2D eigenvalue weighted by molar-refractivity contribution is -0.116. The third kappa shape index (κ3) is 2.70. The molecule has 0 aliphatic rings. The lowest BCUT2D eigenvalue weighted by Gasteiger charge is -2.07. The van der Waals surface area contributed by atoms with Gasteiger partial charge in [-0.3, -0.25) is 4.79 Å². The summed E-state index contributed by atoms with van der Waals surface area (Å²) in [5, 5.41) is 14.4. The predicted octanol–water partition coefficient (Wildman–Crippen LogP) is 1.05. The van der Waals surface area contributed by atoms with E-state index in [1.807, 2.05) is 41.1 Å². The summed E-state index contributed by atoms with van der Waals surface area (Å²) in [6.07, 6.45) is 4.72. The van der Waals surface area contributed by atoms with Gasteiger partial charge in [-0.2, -0.15) is 0 Å². The second kappa shape index (κ2) is 5.88. The van der Waals surface area contributed by atoms with E-state index < -0.39 is 0 Å². The molecule has 9 nitrogen and oxygen atoms in total. The van der Waals surface area contributed by atoms with E-state index in [0.29, 0.717) is 11.6 Å². The highest BCUT2D eigenvalue weighted by Gasteiger charge is 2.08. The monoisotopic (exact) mass is 320 g/mol. The Labute approximate surface area is 136 Å². The maximum atomic E-state index is 12.0. The third-order valence-corrected chi connectivity index (χ3v) is 3.46. The number of amides is 1. The topological polar surface area (TPSA) is 103 Å². The van der Waals surface area contributed by atoms with Gasteiger partial charge >= 0.3 is 0 Å². The number of benzene rings is 1. The molecule has 1 aromatic carbocycles. The minimum Gasteiger partial charge on any atom is -0.309 e. The van der Waals surface area contributed by atoms with Crippen molar-refractivity contribution >= 4 is 22.6 Å². The minimum absolute atomic E-state index is 0.0127. The Balaban J connectivity index is 1.58. The summed E-state index contributed by atoms with van der Waals surface area (Å²) in [5.74, 6) is 0.809. The standard InChI is InChI=1S/C15H12N8O/c24-15(8-22-10-18-20-21-22)19-13-7-14(17-9-16-13)23-6-5-11-3-1-2-4-12(11)23/h1-7,9-10H,8H2,(H,16,17,19,24). The molecule has 24 heavy (non-hydrogen) atoms. The van der Waals surface area contributed by atoms with Crippen LogP contribution >= 0.6 is 0 Å². The van der Waals surface area contributed by atoms with Gasteiger partial charge in [0.1, 0.15) is 30.8 Å². The molecule has 1 amide bonds. The summed E-state index contributed by atoms with van der Waals surface area (Å²) in [6, 6.07) is 11.7. The van der Waals surface area contributed by atoms with Gasteiger partial charge < -0.3 is 9.88 Å². The number of anilines is 1. The number of carbonyl (C=O) groups excluding carboxylic acids is 1. The van der Waals surface area contributed by atoms with Crippen LogP contribution < -0.4 is 5.32 Å². The smallest absolute Gasteiger partial charge is 0.247 e. The van der Waals surface area contributed by atoms with Crippen molar-refractivity contribution in [1.29, 1.82) is 0 Å². The second-order valence-corrected chi connectivity index (χ2v) is 5.06. The number of hydrogen-bond acceptors (Lipinski definition) is 6. The van der Waals surface area contributed by atoms with Crippen molar-refractivity contribution in [3.63, 3.8) is 0 Å². The molecule has 3 heterocycles. The molecule has 3 aromatic heterocycles. The number of aromatic nitrogens is 7. The number of tetrazole rings is 1. The number of fused-ring (bicyclic) bond motifs is 1. The molecule has 0 bridgehead atoms. The summed E-state index contributed by atoms with van der Waals surface area (Å²) in [6.45, 7) is 0.0127. The summed E-state index contributed by atoms with van der Waals surface area (Å²) >= 11 is 0. The highest BCUT2D eigenvalue weighted by Crippen LogP contribution is 2.19. The maximum Gasteiger partial charge on any atom is 0.247 e.